The van der Waals surface area contributed by atoms with Crippen LogP contribution in [-0.4, -0.2) is 42.5 Å². The van der Waals surface area contributed by atoms with E-state index in [-0.39, 0.29) is 18.2 Å². The van der Waals surface area contributed by atoms with Crippen molar-refractivity contribution in [2.45, 2.75) is 0 Å². The number of anilines is 2. The van der Waals surface area contributed by atoms with Crippen molar-refractivity contribution in [3.05, 3.63) is 36.7 Å². The molecular weight excluding hydrogens is 276 g/mol. The molecule has 0 fully saturated rings. The van der Waals surface area contributed by atoms with E-state index >= 15 is 0 Å². The van der Waals surface area contributed by atoms with E-state index in [1.54, 1.807) is 19.2 Å². The van der Waals surface area contributed by atoms with Crippen molar-refractivity contribution in [2.75, 3.05) is 31.0 Å². The minimum absolute atomic E-state index is 0.0250. The Hall–Kier alpha value is -2.74. The van der Waals surface area contributed by atoms with Gasteiger partial charge in [-0.1, -0.05) is 0 Å². The lowest BCUT2D eigenvalue weighted by Gasteiger charge is -2.15. The van der Waals surface area contributed by atoms with Gasteiger partial charge in [-0.3, -0.25) is 14.5 Å². The third-order valence-corrected chi connectivity index (χ3v) is 2.66. The Balaban J connectivity index is 2.02. The Morgan fingerprint density at radius 3 is 2.76 bits per heavy atom. The summed E-state index contributed by atoms with van der Waals surface area (Å²) in [5, 5.41) is 2.61. The molecule has 2 aromatic rings. The third-order valence-electron chi connectivity index (χ3n) is 2.66. The number of hydrogen-bond donors (Lipinski definition) is 1. The maximum Gasteiger partial charge on any atom is 0.277 e. The Bertz CT molecular complexity index is 610. The molecule has 0 atom stereocenters. The fourth-order valence-electron chi connectivity index (χ4n) is 1.53. The number of nitrogens with one attached hydrogen (secondary N) is 1. The Kier molecular flexibility index (Phi) is 4.62. The molecule has 8 nitrogen and oxygen atoms in total. The lowest BCUT2D eigenvalue weighted by Crippen LogP contribution is -2.30. The standard InChI is InChI=1S/C13H14N4O4/c1-17(12(18)7-20-2)11-4-3-9(5-14-11)16-13(19)10-6-21-8-15-10/h3-6,8H,7H2,1-2H3,(H,16,19). The molecule has 0 bridgehead atoms. The number of methoxy groups -OCH3 is 1. The molecule has 110 valence electrons. The SMILES string of the molecule is COCC(=O)N(C)c1ccc(NC(=O)c2cocn2)cn1. The Labute approximate surface area is 120 Å². The summed E-state index contributed by atoms with van der Waals surface area (Å²) in [6, 6.07) is 3.25. The summed E-state index contributed by atoms with van der Waals surface area (Å²) in [5.74, 6) is -0.164. The van der Waals surface area contributed by atoms with Gasteiger partial charge in [0.25, 0.3) is 11.8 Å². The Morgan fingerprint density at radius 1 is 1.38 bits per heavy atom. The fraction of sp³-hybridized carbons (Fsp3) is 0.231. The fourth-order valence-corrected chi connectivity index (χ4v) is 1.53. The molecule has 2 heterocycles. The minimum atomic E-state index is -0.401. The maximum atomic E-state index is 11.7. The van der Waals surface area contributed by atoms with Gasteiger partial charge in [-0.25, -0.2) is 9.97 Å². The summed E-state index contributed by atoms with van der Waals surface area (Å²) in [6.45, 7) is -0.0250. The van der Waals surface area contributed by atoms with Gasteiger partial charge in [0, 0.05) is 14.2 Å². The van der Waals surface area contributed by atoms with Gasteiger partial charge in [-0.05, 0) is 12.1 Å². The van der Waals surface area contributed by atoms with Crippen LogP contribution in [0.4, 0.5) is 11.5 Å². The number of hydrogen-bond acceptors (Lipinski definition) is 6. The van der Waals surface area contributed by atoms with Gasteiger partial charge in [0.1, 0.15) is 18.7 Å². The molecule has 2 rings (SSSR count). The quantitative estimate of drug-likeness (QED) is 0.879. The van der Waals surface area contributed by atoms with Crippen molar-refractivity contribution in [2.24, 2.45) is 0 Å². The normalized spacial score (nSPS) is 10.2. The molecule has 0 unspecified atom stereocenters. The second-order valence-corrected chi connectivity index (χ2v) is 4.12. The van der Waals surface area contributed by atoms with Gasteiger partial charge in [0.2, 0.25) is 0 Å². The molecule has 8 heteroatoms. The highest BCUT2D eigenvalue weighted by atomic mass is 16.5. The van der Waals surface area contributed by atoms with Gasteiger partial charge < -0.3 is 14.5 Å². The molecule has 0 spiro atoms. The number of rotatable bonds is 5. The van der Waals surface area contributed by atoms with E-state index in [9.17, 15) is 9.59 Å². The highest BCUT2D eigenvalue weighted by Crippen LogP contribution is 2.14. The van der Waals surface area contributed by atoms with Crippen molar-refractivity contribution in [1.82, 2.24) is 9.97 Å². The monoisotopic (exact) mass is 290 g/mol. The third kappa shape index (κ3) is 3.63. The van der Waals surface area contributed by atoms with Crippen LogP contribution in [0.1, 0.15) is 10.5 Å². The summed E-state index contributed by atoms with van der Waals surface area (Å²) in [6.07, 6.45) is 3.87. The van der Waals surface area contributed by atoms with Crippen LogP contribution in [0, 0.1) is 0 Å². The molecule has 21 heavy (non-hydrogen) atoms. The van der Waals surface area contributed by atoms with E-state index in [0.717, 1.165) is 0 Å². The number of carbonyl (C=O) groups is 2. The van der Waals surface area contributed by atoms with Gasteiger partial charge in [0.15, 0.2) is 12.1 Å². The summed E-state index contributed by atoms with van der Waals surface area (Å²) >= 11 is 0. The van der Waals surface area contributed by atoms with E-state index in [2.05, 4.69) is 15.3 Å². The number of nitrogens with zero attached hydrogens (tertiary/aromatic N) is 3. The molecule has 0 saturated carbocycles. The number of likely N-dealkylation sites (N-methyl/N-ethyl adjacent to an activating group) is 1. The van der Waals surface area contributed by atoms with Crippen LogP contribution in [0.15, 0.2) is 35.4 Å². The van der Waals surface area contributed by atoms with Crippen LogP contribution in [0.25, 0.3) is 0 Å². The molecule has 0 radical (unpaired) electrons. The molecule has 0 aromatic carbocycles. The topological polar surface area (TPSA) is 97.6 Å². The van der Waals surface area contributed by atoms with Gasteiger partial charge >= 0.3 is 0 Å². The maximum absolute atomic E-state index is 11.7. The first kappa shape index (κ1) is 14.7. The molecule has 1 N–H and O–H groups in total. The van der Waals surface area contributed by atoms with Crippen LogP contribution >= 0.6 is 0 Å². The van der Waals surface area contributed by atoms with Crippen molar-refractivity contribution >= 4 is 23.3 Å². The summed E-state index contributed by atoms with van der Waals surface area (Å²) in [4.78, 5) is 32.6. The van der Waals surface area contributed by atoms with Crippen molar-refractivity contribution < 1.29 is 18.7 Å². The molecule has 0 aliphatic rings. The first-order chi connectivity index (χ1) is 10.1. The number of ether oxygens (including phenoxy) is 1. The van der Waals surface area contributed by atoms with E-state index in [1.807, 2.05) is 0 Å². The number of amides is 2. The van der Waals surface area contributed by atoms with Crippen LogP contribution < -0.4 is 10.2 Å². The van der Waals surface area contributed by atoms with Crippen LogP contribution in [0.2, 0.25) is 0 Å². The number of aromatic nitrogens is 2. The molecular formula is C13H14N4O4. The van der Waals surface area contributed by atoms with Crippen LogP contribution in [-0.2, 0) is 9.53 Å². The largest absolute Gasteiger partial charge is 0.451 e. The highest BCUT2D eigenvalue weighted by Gasteiger charge is 2.13. The van der Waals surface area contributed by atoms with E-state index < -0.39 is 5.91 Å². The first-order valence-electron chi connectivity index (χ1n) is 6.03. The average molecular weight is 290 g/mol. The second kappa shape index (κ2) is 6.62. The Morgan fingerprint density at radius 2 is 2.19 bits per heavy atom. The number of carbonyl (C=O) groups excluding carboxylic acids is 2. The zero-order valence-corrected chi connectivity index (χ0v) is 11.6. The van der Waals surface area contributed by atoms with E-state index in [4.69, 9.17) is 9.15 Å². The summed E-state index contributed by atoms with van der Waals surface area (Å²) in [7, 11) is 3.04. The smallest absolute Gasteiger partial charge is 0.277 e. The lowest BCUT2D eigenvalue weighted by atomic mass is 10.3. The lowest BCUT2D eigenvalue weighted by molar-refractivity contribution is -0.121. The van der Waals surface area contributed by atoms with Crippen molar-refractivity contribution in [3.8, 4) is 0 Å². The molecule has 0 aliphatic carbocycles. The average Bonchev–Trinajstić information content (AvgIpc) is 3.02. The van der Waals surface area contributed by atoms with Crippen molar-refractivity contribution in [3.63, 3.8) is 0 Å². The molecule has 2 amide bonds. The number of oxazole rings is 1. The van der Waals surface area contributed by atoms with E-state index in [1.165, 1.54) is 30.9 Å². The predicted molar refractivity (Wildman–Crippen MR) is 74.0 cm³/mol. The van der Waals surface area contributed by atoms with Gasteiger partial charge in [-0.15, -0.1) is 0 Å². The highest BCUT2D eigenvalue weighted by molar-refractivity contribution is 6.02. The molecule has 0 saturated heterocycles. The van der Waals surface area contributed by atoms with Crippen LogP contribution in [0.3, 0.4) is 0 Å². The molecule has 0 aliphatic heterocycles. The van der Waals surface area contributed by atoms with Gasteiger partial charge in [-0.2, -0.15) is 0 Å². The minimum Gasteiger partial charge on any atom is -0.451 e. The molecule has 2 aromatic heterocycles. The predicted octanol–water partition coefficient (Wildman–Crippen LogP) is 0.931. The van der Waals surface area contributed by atoms with Gasteiger partial charge in [0.05, 0.1) is 11.9 Å². The number of pyridine rings is 1. The first-order valence-corrected chi connectivity index (χ1v) is 6.03. The van der Waals surface area contributed by atoms with E-state index in [0.29, 0.717) is 11.5 Å². The second-order valence-electron chi connectivity index (χ2n) is 4.12. The zero-order chi connectivity index (χ0) is 15.2. The summed E-state index contributed by atoms with van der Waals surface area (Å²) < 4.78 is 9.50. The zero-order valence-electron chi connectivity index (χ0n) is 11.6. The summed E-state index contributed by atoms with van der Waals surface area (Å²) in [5.41, 5.74) is 0.658. The van der Waals surface area contributed by atoms with Crippen molar-refractivity contribution in [1.29, 1.82) is 0 Å². The van der Waals surface area contributed by atoms with Crippen LogP contribution in [0.5, 0.6) is 0 Å².